The Balaban J connectivity index is 0.000000605. The third-order valence-corrected chi connectivity index (χ3v) is 2.44. The predicted molar refractivity (Wildman–Crippen MR) is 37.3 cm³/mol. The van der Waals surface area contributed by atoms with Crippen LogP contribution in [0.2, 0.25) is 0 Å². The molecule has 0 aromatic carbocycles. The zero-order chi connectivity index (χ0) is 6.97. The molecule has 1 saturated heterocycles. The Kier molecular flexibility index (Phi) is 3.06. The number of fused-ring (bicyclic) bond motifs is 1. The minimum atomic E-state index is 0. The molecule has 0 amide bonds. The van der Waals surface area contributed by atoms with Gasteiger partial charge in [0.1, 0.15) is 0 Å². The van der Waals surface area contributed by atoms with E-state index in [1.807, 2.05) is 6.08 Å². The van der Waals surface area contributed by atoms with Gasteiger partial charge in [-0.05, 0) is 25.8 Å². The monoisotopic (exact) mass is 145 g/mol. The number of rotatable bonds is 0. The Bertz CT molecular complexity index is 169. The summed E-state index contributed by atoms with van der Waals surface area (Å²) < 4.78 is 0. The molecule has 11 heavy (non-hydrogen) atoms. The Morgan fingerprint density at radius 2 is 2.27 bits per heavy atom. The average Bonchev–Trinajstić information content (AvgIpc) is 2.33. The molecule has 0 aromatic heterocycles. The molecule has 3 heteroatoms. The van der Waals surface area contributed by atoms with E-state index in [0.29, 0.717) is 11.8 Å². The average molecular weight is 145 g/mol. The van der Waals surface area contributed by atoms with Crippen LogP contribution in [0, 0.1) is 0 Å². The van der Waals surface area contributed by atoms with Crippen LogP contribution < -0.4 is 24.0 Å². The molecular weight excluding hydrogens is 133 g/mol. The van der Waals surface area contributed by atoms with Gasteiger partial charge in [-0.25, -0.2) is 0 Å². The van der Waals surface area contributed by atoms with Crippen LogP contribution in [0.3, 0.4) is 0 Å². The molecule has 2 aliphatic rings. The van der Waals surface area contributed by atoms with E-state index in [1.54, 1.807) is 0 Å². The molecule has 2 heterocycles. The molecule has 2 aliphatic heterocycles. The third kappa shape index (κ3) is 1.82. The maximum Gasteiger partial charge on any atom is 1.00 e. The summed E-state index contributed by atoms with van der Waals surface area (Å²) in [5, 5.41) is 10.9. The Labute approximate surface area is 79.4 Å². The molecule has 56 valence electrons. The fourth-order valence-electron chi connectivity index (χ4n) is 1.87. The quantitative estimate of drug-likeness (QED) is 0.342. The molecule has 0 N–H and O–H groups in total. The van der Waals surface area contributed by atoms with Gasteiger partial charge in [0, 0.05) is 12.6 Å². The fourth-order valence-corrected chi connectivity index (χ4v) is 1.87. The van der Waals surface area contributed by atoms with Crippen molar-refractivity contribution in [2.45, 2.75) is 25.3 Å². The zero-order valence-corrected chi connectivity index (χ0v) is 7.05. The van der Waals surface area contributed by atoms with Crippen molar-refractivity contribution >= 4 is 0 Å². The van der Waals surface area contributed by atoms with Crippen LogP contribution in [0.15, 0.2) is 11.8 Å². The molecule has 0 aromatic rings. The van der Waals surface area contributed by atoms with Gasteiger partial charge in [0.2, 0.25) is 0 Å². The maximum atomic E-state index is 10.9. The van der Waals surface area contributed by atoms with Gasteiger partial charge in [-0.15, -0.1) is 5.76 Å². The second-order valence-corrected chi connectivity index (χ2v) is 3.13. The van der Waals surface area contributed by atoms with E-state index in [4.69, 9.17) is 0 Å². The minimum Gasteiger partial charge on any atom is -0.876 e. The summed E-state index contributed by atoms with van der Waals surface area (Å²) in [7, 11) is 0. The molecule has 0 radical (unpaired) electrons. The van der Waals surface area contributed by atoms with Crippen LogP contribution in [-0.4, -0.2) is 24.0 Å². The first-order valence-electron chi connectivity index (χ1n) is 3.98. The van der Waals surface area contributed by atoms with Gasteiger partial charge in [-0.3, -0.25) is 4.90 Å². The van der Waals surface area contributed by atoms with E-state index in [-0.39, 0.29) is 18.9 Å². The van der Waals surface area contributed by atoms with E-state index in [9.17, 15) is 5.11 Å². The van der Waals surface area contributed by atoms with Crippen molar-refractivity contribution in [3.63, 3.8) is 0 Å². The van der Waals surface area contributed by atoms with Gasteiger partial charge in [0.25, 0.3) is 0 Å². The summed E-state index contributed by atoms with van der Waals surface area (Å²) in [5.74, 6) is 0.350. The molecule has 2 nitrogen and oxygen atoms in total. The van der Waals surface area contributed by atoms with Gasteiger partial charge >= 0.3 is 18.9 Å². The number of hydrogen-bond acceptors (Lipinski definition) is 2. The van der Waals surface area contributed by atoms with E-state index >= 15 is 0 Å². The first-order valence-corrected chi connectivity index (χ1v) is 3.98. The van der Waals surface area contributed by atoms with Gasteiger partial charge in [-0.2, -0.15) is 0 Å². The topological polar surface area (TPSA) is 26.3 Å². The standard InChI is InChI=1S/C8H13NO.Li/c10-8-3-5-9-4-1-2-7(9)6-8;/h6-7,10H,1-5H2;/q;+1/p-1. The van der Waals surface area contributed by atoms with Gasteiger partial charge in [-0.1, -0.05) is 6.08 Å². The summed E-state index contributed by atoms with van der Waals surface area (Å²) in [5.41, 5.74) is 0. The van der Waals surface area contributed by atoms with Gasteiger partial charge < -0.3 is 5.11 Å². The van der Waals surface area contributed by atoms with E-state index in [2.05, 4.69) is 4.90 Å². The van der Waals surface area contributed by atoms with Crippen molar-refractivity contribution < 1.29 is 24.0 Å². The molecular formula is C8H12LiNO. The molecule has 1 fully saturated rings. The smallest absolute Gasteiger partial charge is 0.876 e. The SMILES string of the molecule is [Li+].[O-]C1=CC2CCCN2CC1. The summed E-state index contributed by atoms with van der Waals surface area (Å²) in [4.78, 5) is 2.40. The number of hydrogen-bond donors (Lipinski definition) is 0. The normalized spacial score (nSPS) is 30.5. The molecule has 1 unspecified atom stereocenters. The van der Waals surface area contributed by atoms with Crippen LogP contribution in [0.4, 0.5) is 0 Å². The van der Waals surface area contributed by atoms with Crippen molar-refractivity contribution in [2.75, 3.05) is 13.1 Å². The summed E-state index contributed by atoms with van der Waals surface area (Å²) in [6.07, 6.45) is 5.12. The molecule has 0 aliphatic carbocycles. The molecule has 0 saturated carbocycles. The van der Waals surface area contributed by atoms with Crippen LogP contribution in [0.5, 0.6) is 0 Å². The van der Waals surface area contributed by atoms with Crippen molar-refractivity contribution in [1.29, 1.82) is 0 Å². The van der Waals surface area contributed by atoms with Crippen molar-refractivity contribution in [3.8, 4) is 0 Å². The summed E-state index contributed by atoms with van der Waals surface area (Å²) >= 11 is 0. The van der Waals surface area contributed by atoms with Crippen molar-refractivity contribution in [1.82, 2.24) is 4.90 Å². The molecule has 1 atom stereocenters. The van der Waals surface area contributed by atoms with Gasteiger partial charge in [0.15, 0.2) is 0 Å². The maximum absolute atomic E-state index is 10.9. The largest absolute Gasteiger partial charge is 1.00 e. The predicted octanol–water partition coefficient (Wildman–Crippen LogP) is -2.90. The first kappa shape index (κ1) is 9.19. The second kappa shape index (κ2) is 3.67. The number of nitrogens with zero attached hydrogens (tertiary/aromatic N) is 1. The van der Waals surface area contributed by atoms with E-state index in [0.717, 1.165) is 13.0 Å². The van der Waals surface area contributed by atoms with E-state index < -0.39 is 0 Å². The minimum absolute atomic E-state index is 0. The van der Waals surface area contributed by atoms with Gasteiger partial charge in [0.05, 0.1) is 0 Å². The van der Waals surface area contributed by atoms with Crippen LogP contribution in [-0.2, 0) is 0 Å². The Hall–Kier alpha value is 0.0974. The zero-order valence-electron chi connectivity index (χ0n) is 7.05. The Morgan fingerprint density at radius 3 is 3.09 bits per heavy atom. The molecule has 2 rings (SSSR count). The van der Waals surface area contributed by atoms with Crippen LogP contribution in [0.25, 0.3) is 0 Å². The summed E-state index contributed by atoms with van der Waals surface area (Å²) in [6.45, 7) is 2.20. The fraction of sp³-hybridized carbons (Fsp3) is 0.750. The second-order valence-electron chi connectivity index (χ2n) is 3.13. The first-order chi connectivity index (χ1) is 4.86. The van der Waals surface area contributed by atoms with E-state index in [1.165, 1.54) is 19.4 Å². The van der Waals surface area contributed by atoms with Crippen LogP contribution in [0.1, 0.15) is 19.3 Å². The van der Waals surface area contributed by atoms with Crippen LogP contribution >= 0.6 is 0 Å². The molecule has 0 spiro atoms. The Morgan fingerprint density at radius 1 is 1.45 bits per heavy atom. The molecule has 0 bridgehead atoms. The third-order valence-electron chi connectivity index (χ3n) is 2.44. The summed E-state index contributed by atoms with van der Waals surface area (Å²) in [6, 6.07) is 0.501. The van der Waals surface area contributed by atoms with Crippen molar-refractivity contribution in [3.05, 3.63) is 11.8 Å². The van der Waals surface area contributed by atoms with Crippen molar-refractivity contribution in [2.24, 2.45) is 0 Å².